The van der Waals surface area contributed by atoms with E-state index in [4.69, 9.17) is 0 Å². The minimum atomic E-state index is 0.728. The summed E-state index contributed by atoms with van der Waals surface area (Å²) in [6.45, 7) is 5.29. The Labute approximate surface area is 76.1 Å². The molecule has 0 fully saturated rings. The zero-order valence-corrected chi connectivity index (χ0v) is 8.09. The Morgan fingerprint density at radius 2 is 1.83 bits per heavy atom. The number of benzene rings is 1. The summed E-state index contributed by atoms with van der Waals surface area (Å²) in [5.41, 5.74) is 1.48. The molecule has 0 bridgehead atoms. The normalized spacial score (nSPS) is 9.83. The molecular weight excluding hydrogens is 143 g/mol. The van der Waals surface area contributed by atoms with Crippen molar-refractivity contribution in [1.82, 2.24) is 0 Å². The van der Waals surface area contributed by atoms with Gasteiger partial charge in [0.05, 0.1) is 0 Å². The molecule has 0 atom stereocenters. The van der Waals surface area contributed by atoms with Gasteiger partial charge >= 0.3 is 0 Å². The highest BCUT2D eigenvalue weighted by Crippen LogP contribution is 2.01. The summed E-state index contributed by atoms with van der Waals surface area (Å²) in [5, 5.41) is 0. The lowest BCUT2D eigenvalue weighted by Gasteiger charge is -2.06. The molecule has 0 spiro atoms. The van der Waals surface area contributed by atoms with Gasteiger partial charge in [0, 0.05) is 0 Å². The Morgan fingerprint density at radius 3 is 2.42 bits per heavy atom. The van der Waals surface area contributed by atoms with Crippen molar-refractivity contribution in [2.24, 2.45) is 0 Å². The number of hydrogen-bond donors (Lipinski definition) is 0. The van der Waals surface area contributed by atoms with Crippen LogP contribution in [0.5, 0.6) is 0 Å². The number of hydrogen-bond acceptors (Lipinski definition) is 0. The molecule has 0 aliphatic rings. The van der Waals surface area contributed by atoms with E-state index in [9.17, 15) is 0 Å². The minimum Gasteiger partial charge on any atom is -0.0817 e. The Bertz CT molecular complexity index is 206. The second-order valence-electron chi connectivity index (χ2n) is 3.45. The summed E-state index contributed by atoms with van der Waals surface area (Å²) in [7, 11) is 0. The summed E-state index contributed by atoms with van der Waals surface area (Å²) in [5.74, 6) is 0. The Morgan fingerprint density at radius 1 is 1.17 bits per heavy atom. The van der Waals surface area contributed by atoms with E-state index in [1.165, 1.54) is 24.6 Å². The van der Waals surface area contributed by atoms with Crippen LogP contribution in [0.2, 0.25) is 13.1 Å². The van der Waals surface area contributed by atoms with Crippen LogP contribution in [0.15, 0.2) is 30.3 Å². The maximum absolute atomic E-state index is 2.31. The van der Waals surface area contributed by atoms with Gasteiger partial charge in [0.15, 0.2) is 6.71 Å². The monoisotopic (exact) mass is 160 g/mol. The standard InChI is InChI=1S/C11H17B/c1-3-4-10-12(2)11-8-6-5-7-9-11/h5-9H,3-4,10H2,1-2H3. The molecule has 0 aliphatic heterocycles. The largest absolute Gasteiger partial charge is 0.172 e. The van der Waals surface area contributed by atoms with Crippen LogP contribution in [0.3, 0.4) is 0 Å². The van der Waals surface area contributed by atoms with Gasteiger partial charge in [-0.25, -0.2) is 0 Å². The van der Waals surface area contributed by atoms with E-state index in [0.29, 0.717) is 0 Å². The van der Waals surface area contributed by atoms with Gasteiger partial charge in [-0.05, 0) is 0 Å². The van der Waals surface area contributed by atoms with E-state index in [0.717, 1.165) is 6.71 Å². The van der Waals surface area contributed by atoms with Crippen LogP contribution in [0, 0.1) is 0 Å². The molecule has 0 aliphatic carbocycles. The molecule has 0 heterocycles. The first kappa shape index (κ1) is 9.37. The van der Waals surface area contributed by atoms with E-state index < -0.39 is 0 Å². The van der Waals surface area contributed by atoms with Crippen molar-refractivity contribution >= 4 is 12.2 Å². The molecule has 0 radical (unpaired) electrons. The Balaban J connectivity index is 2.48. The Hall–Kier alpha value is -0.715. The fraction of sp³-hybridized carbons (Fsp3) is 0.455. The van der Waals surface area contributed by atoms with Crippen LogP contribution in [-0.2, 0) is 0 Å². The second kappa shape index (κ2) is 5.02. The van der Waals surface area contributed by atoms with Crippen molar-refractivity contribution in [3.8, 4) is 0 Å². The van der Waals surface area contributed by atoms with Gasteiger partial charge in [0.2, 0.25) is 0 Å². The van der Waals surface area contributed by atoms with E-state index in [1.807, 2.05) is 0 Å². The Kier molecular flexibility index (Phi) is 3.92. The molecular formula is C11H17B. The summed E-state index contributed by atoms with van der Waals surface area (Å²) in [6.07, 6.45) is 3.97. The lowest BCUT2D eigenvalue weighted by Crippen LogP contribution is -2.25. The van der Waals surface area contributed by atoms with Crippen LogP contribution in [0.4, 0.5) is 0 Å². The van der Waals surface area contributed by atoms with E-state index in [1.54, 1.807) is 0 Å². The molecule has 0 saturated heterocycles. The van der Waals surface area contributed by atoms with Crippen molar-refractivity contribution in [3.05, 3.63) is 30.3 Å². The first-order valence-corrected chi connectivity index (χ1v) is 4.89. The lowest BCUT2D eigenvalue weighted by atomic mass is 9.44. The van der Waals surface area contributed by atoms with Crippen LogP contribution < -0.4 is 5.46 Å². The molecule has 1 aromatic carbocycles. The maximum atomic E-state index is 2.31. The van der Waals surface area contributed by atoms with Gasteiger partial charge in [0.25, 0.3) is 0 Å². The first-order chi connectivity index (χ1) is 5.84. The predicted molar refractivity (Wildman–Crippen MR) is 57.4 cm³/mol. The molecule has 0 nitrogen and oxygen atoms in total. The average molecular weight is 160 g/mol. The van der Waals surface area contributed by atoms with Crippen LogP contribution in [0.1, 0.15) is 19.8 Å². The topological polar surface area (TPSA) is 0 Å². The van der Waals surface area contributed by atoms with E-state index >= 15 is 0 Å². The van der Waals surface area contributed by atoms with Gasteiger partial charge in [-0.2, -0.15) is 0 Å². The highest BCUT2D eigenvalue weighted by atomic mass is 13.8. The number of rotatable bonds is 4. The first-order valence-electron chi connectivity index (χ1n) is 4.89. The number of unbranched alkanes of at least 4 members (excludes halogenated alkanes) is 1. The van der Waals surface area contributed by atoms with Crippen molar-refractivity contribution in [2.45, 2.75) is 32.9 Å². The molecule has 0 unspecified atom stereocenters. The smallest absolute Gasteiger partial charge is 0.0817 e. The van der Waals surface area contributed by atoms with Crippen molar-refractivity contribution in [2.75, 3.05) is 0 Å². The highest BCUT2D eigenvalue weighted by Gasteiger charge is 2.07. The molecule has 12 heavy (non-hydrogen) atoms. The van der Waals surface area contributed by atoms with Crippen molar-refractivity contribution in [1.29, 1.82) is 0 Å². The summed E-state index contributed by atoms with van der Waals surface area (Å²) in [6, 6.07) is 10.8. The third kappa shape index (κ3) is 2.73. The van der Waals surface area contributed by atoms with Gasteiger partial charge in [-0.1, -0.05) is 68.7 Å². The maximum Gasteiger partial charge on any atom is 0.172 e. The fourth-order valence-electron chi connectivity index (χ4n) is 1.46. The molecule has 1 aromatic rings. The third-order valence-electron chi connectivity index (χ3n) is 2.36. The van der Waals surface area contributed by atoms with Gasteiger partial charge in [-0.3, -0.25) is 0 Å². The molecule has 0 aromatic heterocycles. The summed E-state index contributed by atoms with van der Waals surface area (Å²) in [4.78, 5) is 0. The molecule has 1 heteroatoms. The average Bonchev–Trinajstić information content (AvgIpc) is 2.15. The summed E-state index contributed by atoms with van der Waals surface area (Å²) >= 11 is 0. The van der Waals surface area contributed by atoms with Crippen molar-refractivity contribution < 1.29 is 0 Å². The second-order valence-corrected chi connectivity index (χ2v) is 3.45. The van der Waals surface area contributed by atoms with Crippen molar-refractivity contribution in [3.63, 3.8) is 0 Å². The molecule has 1 rings (SSSR count). The van der Waals surface area contributed by atoms with Gasteiger partial charge < -0.3 is 0 Å². The quantitative estimate of drug-likeness (QED) is 0.594. The van der Waals surface area contributed by atoms with Crippen LogP contribution >= 0.6 is 0 Å². The lowest BCUT2D eigenvalue weighted by molar-refractivity contribution is 0.876. The van der Waals surface area contributed by atoms with E-state index in [-0.39, 0.29) is 0 Å². The summed E-state index contributed by atoms with van der Waals surface area (Å²) < 4.78 is 0. The van der Waals surface area contributed by atoms with Gasteiger partial charge in [-0.15, -0.1) is 0 Å². The van der Waals surface area contributed by atoms with E-state index in [2.05, 4.69) is 44.1 Å². The zero-order chi connectivity index (χ0) is 8.81. The van der Waals surface area contributed by atoms with Crippen LogP contribution in [0.25, 0.3) is 0 Å². The van der Waals surface area contributed by atoms with Gasteiger partial charge in [0.1, 0.15) is 0 Å². The highest BCUT2D eigenvalue weighted by molar-refractivity contribution is 6.71. The molecule has 0 amide bonds. The SMILES string of the molecule is CCCCB(C)c1ccccc1. The van der Waals surface area contributed by atoms with Crippen LogP contribution in [-0.4, -0.2) is 6.71 Å². The molecule has 64 valence electrons. The fourth-order valence-corrected chi connectivity index (χ4v) is 1.46. The predicted octanol–water partition coefficient (Wildman–Crippen LogP) is 2.82. The molecule has 0 saturated carbocycles. The molecule has 0 N–H and O–H groups in total. The zero-order valence-electron chi connectivity index (χ0n) is 8.09. The minimum absolute atomic E-state index is 0.728. The third-order valence-corrected chi connectivity index (χ3v) is 2.36.